The first-order valence-corrected chi connectivity index (χ1v) is 8.19. The van der Waals surface area contributed by atoms with Gasteiger partial charge in [0.2, 0.25) is 0 Å². The first kappa shape index (κ1) is 15.5. The van der Waals surface area contributed by atoms with Gasteiger partial charge >= 0.3 is 0 Å². The lowest BCUT2D eigenvalue weighted by Gasteiger charge is -2.43. The Hall–Kier alpha value is -1.40. The number of amides is 1. The van der Waals surface area contributed by atoms with E-state index >= 15 is 0 Å². The molecule has 1 aromatic rings. The summed E-state index contributed by atoms with van der Waals surface area (Å²) in [7, 11) is 1.90. The fourth-order valence-corrected chi connectivity index (χ4v) is 3.57. The highest BCUT2D eigenvalue weighted by atomic mass is 16.5. The Balaban J connectivity index is 1.59. The monoisotopic (exact) mass is 307 g/mol. The number of rotatable bonds is 5. The molecule has 2 N–H and O–H groups in total. The van der Waals surface area contributed by atoms with Crippen LogP contribution in [0.3, 0.4) is 0 Å². The Morgan fingerprint density at radius 2 is 2.18 bits per heavy atom. The van der Waals surface area contributed by atoms with Crippen LogP contribution < -0.4 is 5.32 Å². The zero-order chi connectivity index (χ0) is 15.7. The lowest BCUT2D eigenvalue weighted by Crippen LogP contribution is -2.55. The third kappa shape index (κ3) is 2.90. The highest BCUT2D eigenvalue weighted by Crippen LogP contribution is 2.34. The molecule has 0 atom stereocenters. The standard InChI is InChI=1S/C16H25N3O3/c1-3-22-11-8-16(21,9-11)10-17-15(20)14-12-6-4-5-7-13(12)19(2)18-14/h11,21H,3-10H2,1-2H3,(H,17,20). The summed E-state index contributed by atoms with van der Waals surface area (Å²) in [5.41, 5.74) is 1.96. The maximum Gasteiger partial charge on any atom is 0.272 e. The van der Waals surface area contributed by atoms with Gasteiger partial charge in [-0.25, -0.2) is 0 Å². The first-order chi connectivity index (χ1) is 10.5. The molecule has 0 radical (unpaired) electrons. The minimum atomic E-state index is -0.829. The molecule has 6 nitrogen and oxygen atoms in total. The van der Waals surface area contributed by atoms with E-state index in [1.807, 2.05) is 18.7 Å². The van der Waals surface area contributed by atoms with Crippen LogP contribution in [0.5, 0.6) is 0 Å². The van der Waals surface area contributed by atoms with Crippen LogP contribution in [-0.4, -0.2) is 45.7 Å². The van der Waals surface area contributed by atoms with E-state index in [2.05, 4.69) is 10.4 Å². The highest BCUT2D eigenvalue weighted by molar-refractivity contribution is 5.94. The van der Waals surface area contributed by atoms with Gasteiger partial charge in [0.15, 0.2) is 5.69 Å². The lowest BCUT2D eigenvalue weighted by atomic mass is 9.77. The number of hydrogen-bond acceptors (Lipinski definition) is 4. The van der Waals surface area contributed by atoms with Crippen molar-refractivity contribution in [2.75, 3.05) is 13.2 Å². The smallest absolute Gasteiger partial charge is 0.272 e. The summed E-state index contributed by atoms with van der Waals surface area (Å²) < 4.78 is 7.28. The molecule has 0 spiro atoms. The Morgan fingerprint density at radius 1 is 1.45 bits per heavy atom. The quantitative estimate of drug-likeness (QED) is 0.849. The number of aliphatic hydroxyl groups is 1. The summed E-state index contributed by atoms with van der Waals surface area (Å²) in [5, 5.41) is 17.6. The van der Waals surface area contributed by atoms with Crippen LogP contribution in [-0.2, 0) is 24.6 Å². The molecule has 3 rings (SSSR count). The van der Waals surface area contributed by atoms with Gasteiger partial charge in [-0.2, -0.15) is 5.10 Å². The van der Waals surface area contributed by atoms with Crippen molar-refractivity contribution < 1.29 is 14.6 Å². The van der Waals surface area contributed by atoms with Crippen molar-refractivity contribution in [3.05, 3.63) is 17.0 Å². The zero-order valence-electron chi connectivity index (χ0n) is 13.4. The molecule has 0 bridgehead atoms. The van der Waals surface area contributed by atoms with Gasteiger partial charge in [0.05, 0.1) is 11.7 Å². The van der Waals surface area contributed by atoms with E-state index in [9.17, 15) is 9.90 Å². The molecular weight excluding hydrogens is 282 g/mol. The fraction of sp³-hybridized carbons (Fsp3) is 0.750. The van der Waals surface area contributed by atoms with Crippen molar-refractivity contribution in [3.8, 4) is 0 Å². The van der Waals surface area contributed by atoms with E-state index in [1.54, 1.807) is 0 Å². The molecule has 0 aliphatic heterocycles. The molecule has 1 heterocycles. The predicted octanol–water partition coefficient (Wildman–Crippen LogP) is 0.959. The molecule has 122 valence electrons. The Labute approximate surface area is 130 Å². The summed E-state index contributed by atoms with van der Waals surface area (Å²) in [6.07, 6.45) is 5.47. The van der Waals surface area contributed by atoms with Crippen molar-refractivity contribution in [1.29, 1.82) is 0 Å². The van der Waals surface area contributed by atoms with Crippen LogP contribution in [0.1, 0.15) is 54.4 Å². The largest absolute Gasteiger partial charge is 0.388 e. The van der Waals surface area contributed by atoms with Crippen LogP contribution >= 0.6 is 0 Å². The lowest BCUT2D eigenvalue weighted by molar-refractivity contribution is -0.133. The van der Waals surface area contributed by atoms with Crippen LogP contribution in [0.25, 0.3) is 0 Å². The highest BCUT2D eigenvalue weighted by Gasteiger charge is 2.43. The number of aryl methyl sites for hydroxylation is 1. The number of nitrogens with one attached hydrogen (secondary N) is 1. The van der Waals surface area contributed by atoms with Crippen molar-refractivity contribution in [1.82, 2.24) is 15.1 Å². The van der Waals surface area contributed by atoms with Crippen molar-refractivity contribution >= 4 is 5.91 Å². The predicted molar refractivity (Wildman–Crippen MR) is 81.8 cm³/mol. The number of hydrogen-bond donors (Lipinski definition) is 2. The maximum atomic E-state index is 12.4. The summed E-state index contributed by atoms with van der Waals surface area (Å²) >= 11 is 0. The average Bonchev–Trinajstić information content (AvgIpc) is 2.81. The summed E-state index contributed by atoms with van der Waals surface area (Å²) in [5.74, 6) is -0.174. The van der Waals surface area contributed by atoms with Crippen LogP contribution in [0.2, 0.25) is 0 Å². The SMILES string of the molecule is CCOC1CC(O)(CNC(=O)c2nn(C)c3c2CCCC3)C1. The van der Waals surface area contributed by atoms with Crippen molar-refractivity contribution in [2.24, 2.45) is 7.05 Å². The van der Waals surface area contributed by atoms with Crippen LogP contribution in [0, 0.1) is 0 Å². The second-order valence-corrected chi connectivity index (χ2v) is 6.50. The molecule has 6 heteroatoms. The second-order valence-electron chi connectivity index (χ2n) is 6.50. The van der Waals surface area contributed by atoms with E-state index in [0.29, 0.717) is 25.1 Å². The minimum Gasteiger partial charge on any atom is -0.388 e. The molecule has 1 aromatic heterocycles. The van der Waals surface area contributed by atoms with E-state index in [0.717, 1.165) is 31.2 Å². The Kier molecular flexibility index (Phi) is 4.23. The van der Waals surface area contributed by atoms with Gasteiger partial charge < -0.3 is 15.2 Å². The summed E-state index contributed by atoms with van der Waals surface area (Å²) in [6.45, 7) is 2.87. The third-order valence-corrected chi connectivity index (χ3v) is 4.78. The number of fused-ring (bicyclic) bond motifs is 1. The first-order valence-electron chi connectivity index (χ1n) is 8.19. The van der Waals surface area contributed by atoms with E-state index in [1.165, 1.54) is 5.69 Å². The van der Waals surface area contributed by atoms with E-state index < -0.39 is 5.60 Å². The number of carbonyl (C=O) groups is 1. The number of ether oxygens (including phenoxy) is 1. The molecule has 2 aliphatic carbocycles. The summed E-state index contributed by atoms with van der Waals surface area (Å²) in [6, 6.07) is 0. The number of nitrogens with zero attached hydrogens (tertiary/aromatic N) is 2. The molecule has 0 saturated heterocycles. The van der Waals surface area contributed by atoms with Gasteiger partial charge in [0.25, 0.3) is 5.91 Å². The van der Waals surface area contributed by atoms with Gasteiger partial charge in [-0.15, -0.1) is 0 Å². The number of carbonyl (C=O) groups excluding carboxylic acids is 1. The van der Waals surface area contributed by atoms with Gasteiger partial charge in [-0.05, 0) is 32.6 Å². The molecule has 2 aliphatic rings. The molecule has 0 aromatic carbocycles. The molecule has 22 heavy (non-hydrogen) atoms. The van der Waals surface area contributed by atoms with Crippen LogP contribution in [0.4, 0.5) is 0 Å². The average molecular weight is 307 g/mol. The third-order valence-electron chi connectivity index (χ3n) is 4.78. The molecule has 1 saturated carbocycles. The molecule has 1 fully saturated rings. The molecule has 1 amide bonds. The van der Waals surface area contributed by atoms with Crippen LogP contribution in [0.15, 0.2) is 0 Å². The Bertz CT molecular complexity index is 561. The van der Waals surface area contributed by atoms with Gasteiger partial charge in [0.1, 0.15) is 0 Å². The second kappa shape index (κ2) is 6.01. The minimum absolute atomic E-state index is 0.120. The fourth-order valence-electron chi connectivity index (χ4n) is 3.57. The normalized spacial score (nSPS) is 27.1. The van der Waals surface area contributed by atoms with E-state index in [-0.39, 0.29) is 18.6 Å². The summed E-state index contributed by atoms with van der Waals surface area (Å²) in [4.78, 5) is 12.4. The van der Waals surface area contributed by atoms with Crippen molar-refractivity contribution in [3.63, 3.8) is 0 Å². The van der Waals surface area contributed by atoms with Crippen molar-refractivity contribution in [2.45, 2.75) is 57.2 Å². The number of aromatic nitrogens is 2. The maximum absolute atomic E-state index is 12.4. The van der Waals surface area contributed by atoms with Gasteiger partial charge in [0, 0.05) is 44.3 Å². The molecular formula is C16H25N3O3. The topological polar surface area (TPSA) is 76.4 Å². The molecule has 0 unspecified atom stereocenters. The zero-order valence-corrected chi connectivity index (χ0v) is 13.4. The van der Waals surface area contributed by atoms with Gasteiger partial charge in [-0.3, -0.25) is 9.48 Å². The Morgan fingerprint density at radius 3 is 2.91 bits per heavy atom. The van der Waals surface area contributed by atoms with E-state index in [4.69, 9.17) is 4.74 Å². The van der Waals surface area contributed by atoms with Gasteiger partial charge in [-0.1, -0.05) is 0 Å².